The number of quaternary nitrogens is 1. The molecule has 0 saturated heterocycles. The molecule has 0 radical (unpaired) electrons. The summed E-state index contributed by atoms with van der Waals surface area (Å²) in [5.74, 6) is -0.270. The van der Waals surface area contributed by atoms with Crippen molar-refractivity contribution in [2.24, 2.45) is 0 Å². The highest BCUT2D eigenvalue weighted by molar-refractivity contribution is 7.47. The summed E-state index contributed by atoms with van der Waals surface area (Å²) in [6.07, 6.45) is 59.9. The van der Waals surface area contributed by atoms with Crippen molar-refractivity contribution in [1.82, 2.24) is 5.32 Å². The Balaban J connectivity index is 4.06. The van der Waals surface area contributed by atoms with Crippen molar-refractivity contribution in [1.29, 1.82) is 0 Å². The summed E-state index contributed by atoms with van der Waals surface area (Å²) < 4.78 is 23.6. The zero-order valence-corrected chi connectivity index (χ0v) is 46.4. The van der Waals surface area contributed by atoms with E-state index in [1.807, 2.05) is 28.1 Å². The lowest BCUT2D eigenvalue weighted by Crippen LogP contribution is -2.51. The van der Waals surface area contributed by atoms with E-state index in [-0.39, 0.29) is 18.9 Å². The number of phosphoric ester groups is 1. The van der Waals surface area contributed by atoms with Crippen molar-refractivity contribution in [3.05, 3.63) is 36.5 Å². The topological polar surface area (TPSA) is 125 Å². The van der Waals surface area contributed by atoms with Crippen LogP contribution in [0.15, 0.2) is 36.5 Å². The smallest absolute Gasteiger partial charge is 0.390 e. The highest BCUT2D eigenvalue weighted by atomic mass is 31.2. The summed E-state index contributed by atoms with van der Waals surface area (Å²) in [6.45, 7) is 4.39. The maximum atomic E-state index is 13.0. The average Bonchev–Trinajstić information content (AvgIpc) is 3.30. The molecule has 0 aromatic rings. The third kappa shape index (κ3) is 49.7. The number of hydrogen-bond donors (Lipinski definition) is 4. The van der Waals surface area contributed by atoms with Crippen LogP contribution >= 0.6 is 7.82 Å². The molecule has 0 aliphatic heterocycles. The minimum absolute atomic E-state index is 0.0134. The Labute approximate surface area is 421 Å². The number of aliphatic hydroxyl groups excluding tert-OH is 2. The molecule has 0 aromatic heterocycles. The van der Waals surface area contributed by atoms with Gasteiger partial charge >= 0.3 is 7.82 Å². The first-order chi connectivity index (χ1) is 32.9. The van der Waals surface area contributed by atoms with Crippen LogP contribution in [0.4, 0.5) is 0 Å². The van der Waals surface area contributed by atoms with Crippen molar-refractivity contribution in [3.8, 4) is 0 Å². The lowest BCUT2D eigenvalue weighted by atomic mass is 10.0. The molecule has 0 spiro atoms. The third-order valence-electron chi connectivity index (χ3n) is 13.3. The number of carbonyl (C=O) groups excluding carboxylic acids is 1. The van der Waals surface area contributed by atoms with E-state index in [4.69, 9.17) is 9.05 Å². The number of rotatable bonds is 53. The number of unbranched alkanes of at least 4 members (excludes halogenated alkanes) is 34. The monoisotopic (exact) mass is 982 g/mol. The zero-order chi connectivity index (χ0) is 50.1. The van der Waals surface area contributed by atoms with Gasteiger partial charge in [0.15, 0.2) is 0 Å². The molecule has 0 saturated carbocycles. The number of hydrogen-bond acceptors (Lipinski definition) is 6. The van der Waals surface area contributed by atoms with Gasteiger partial charge in [-0.2, -0.15) is 0 Å². The summed E-state index contributed by atoms with van der Waals surface area (Å²) in [5.41, 5.74) is 0. The molecule has 402 valence electrons. The summed E-state index contributed by atoms with van der Waals surface area (Å²) in [5, 5.41) is 24.7. The lowest BCUT2D eigenvalue weighted by Gasteiger charge is -2.28. The van der Waals surface area contributed by atoms with Gasteiger partial charge in [0.1, 0.15) is 19.3 Å². The highest BCUT2D eigenvalue weighted by Crippen LogP contribution is 2.43. The Morgan fingerprint density at radius 1 is 0.529 bits per heavy atom. The van der Waals surface area contributed by atoms with Crippen LogP contribution in [0.25, 0.3) is 0 Å². The van der Waals surface area contributed by atoms with Crippen molar-refractivity contribution in [2.45, 2.75) is 289 Å². The zero-order valence-electron chi connectivity index (χ0n) is 45.5. The van der Waals surface area contributed by atoms with E-state index in [1.165, 1.54) is 186 Å². The third-order valence-corrected chi connectivity index (χ3v) is 14.3. The molecule has 9 nitrogen and oxygen atoms in total. The van der Waals surface area contributed by atoms with Gasteiger partial charge in [0.25, 0.3) is 0 Å². The number of carbonyl (C=O) groups is 1. The Morgan fingerprint density at radius 3 is 1.25 bits per heavy atom. The van der Waals surface area contributed by atoms with Gasteiger partial charge in [0.05, 0.1) is 39.9 Å². The molecule has 0 bridgehead atoms. The van der Waals surface area contributed by atoms with Gasteiger partial charge in [-0.25, -0.2) is 4.57 Å². The molecule has 1 amide bonds. The molecule has 0 rings (SSSR count). The summed E-state index contributed by atoms with van der Waals surface area (Å²) in [6, 6.07) is -1.06. The fraction of sp³-hybridized carbons (Fsp3) is 0.879. The summed E-state index contributed by atoms with van der Waals surface area (Å²) >= 11 is 0. The van der Waals surface area contributed by atoms with E-state index in [0.717, 1.165) is 51.4 Å². The van der Waals surface area contributed by atoms with Gasteiger partial charge in [-0.1, -0.05) is 242 Å². The summed E-state index contributed by atoms with van der Waals surface area (Å²) in [4.78, 5) is 23.3. The number of nitrogens with zero attached hydrogens (tertiary/aromatic N) is 1. The van der Waals surface area contributed by atoms with Crippen LogP contribution in [-0.4, -0.2) is 84.6 Å². The molecule has 0 aliphatic rings. The minimum atomic E-state index is -4.43. The van der Waals surface area contributed by atoms with E-state index in [0.29, 0.717) is 23.9 Å². The SMILES string of the molecule is C/C=C/CC/C=C/CC/C=C/CCCC(O)C(O)C(COP(=O)(O)OCC[N+](C)(C)C)NC(=O)CCCCCCCCCCCCCCCCCCCCCCCCCCCCCCCCCC. The molecule has 4 unspecified atom stereocenters. The second-order valence-corrected chi connectivity index (χ2v) is 22.6. The van der Waals surface area contributed by atoms with E-state index >= 15 is 0 Å². The number of nitrogens with one attached hydrogen (secondary N) is 1. The van der Waals surface area contributed by atoms with Crippen LogP contribution in [0.5, 0.6) is 0 Å². The van der Waals surface area contributed by atoms with Gasteiger partial charge in [-0.3, -0.25) is 13.8 Å². The number of allylic oxidation sites excluding steroid dienone is 6. The molecule has 0 aliphatic carbocycles. The molecule has 0 heterocycles. The van der Waals surface area contributed by atoms with Crippen molar-refractivity contribution >= 4 is 13.7 Å². The highest BCUT2D eigenvalue weighted by Gasteiger charge is 2.31. The number of amides is 1. The standard InChI is InChI=1S/C58H113N2O7P/c1-6-8-10-12-14-16-18-20-21-22-23-24-25-26-27-28-29-30-31-32-33-34-35-36-37-38-39-41-43-45-47-49-51-57(62)59-55(54-67-68(64,65)66-53-52-60(3,4)5)58(63)56(61)50-48-46-44-42-40-19-17-15-13-11-9-7-2/h7,9,15,17,42,44,55-56,58,61,63H,6,8,10-14,16,18-41,43,45-54H2,1-5H3,(H-,59,62,64,65)/p+1/b9-7+,17-15+,44-42+. The largest absolute Gasteiger partial charge is 0.472 e. The molecule has 0 fully saturated rings. The van der Waals surface area contributed by atoms with Gasteiger partial charge in [0, 0.05) is 6.42 Å². The first-order valence-electron chi connectivity index (χ1n) is 28.9. The fourth-order valence-corrected chi connectivity index (χ4v) is 9.45. The van der Waals surface area contributed by atoms with Gasteiger partial charge in [-0.15, -0.1) is 0 Å². The predicted molar refractivity (Wildman–Crippen MR) is 292 cm³/mol. The van der Waals surface area contributed by atoms with E-state index in [9.17, 15) is 24.5 Å². The maximum absolute atomic E-state index is 13.0. The Kier molecular flexibility index (Phi) is 48.3. The Bertz CT molecular complexity index is 1220. The first kappa shape index (κ1) is 66.7. The maximum Gasteiger partial charge on any atom is 0.472 e. The molecule has 68 heavy (non-hydrogen) atoms. The Morgan fingerprint density at radius 2 is 0.882 bits per heavy atom. The van der Waals surface area contributed by atoms with Gasteiger partial charge < -0.3 is 24.9 Å². The Hall–Kier alpha value is -1.32. The van der Waals surface area contributed by atoms with E-state index in [1.54, 1.807) is 0 Å². The minimum Gasteiger partial charge on any atom is -0.390 e. The van der Waals surface area contributed by atoms with Crippen LogP contribution in [0.2, 0.25) is 0 Å². The van der Waals surface area contributed by atoms with Crippen molar-refractivity contribution in [2.75, 3.05) is 40.9 Å². The second-order valence-electron chi connectivity index (χ2n) is 21.2. The number of phosphoric acid groups is 1. The van der Waals surface area contributed by atoms with Crippen LogP contribution in [0, 0.1) is 0 Å². The predicted octanol–water partition coefficient (Wildman–Crippen LogP) is 16.3. The molecule has 4 atom stereocenters. The van der Waals surface area contributed by atoms with Crippen molar-refractivity contribution in [3.63, 3.8) is 0 Å². The molecule has 10 heteroatoms. The molecule has 4 N–H and O–H groups in total. The fourth-order valence-electron chi connectivity index (χ4n) is 8.72. The normalized spacial score (nSPS) is 14.6. The number of likely N-dealkylation sites (N-methyl/N-ethyl adjacent to an activating group) is 1. The summed E-state index contributed by atoms with van der Waals surface area (Å²) in [7, 11) is 1.41. The first-order valence-corrected chi connectivity index (χ1v) is 30.4. The van der Waals surface area contributed by atoms with E-state index < -0.39 is 32.7 Å². The van der Waals surface area contributed by atoms with Crippen LogP contribution in [-0.2, 0) is 18.4 Å². The van der Waals surface area contributed by atoms with Crippen LogP contribution in [0.1, 0.15) is 271 Å². The quantitative estimate of drug-likeness (QED) is 0.0207. The van der Waals surface area contributed by atoms with Gasteiger partial charge in [0.2, 0.25) is 5.91 Å². The lowest BCUT2D eigenvalue weighted by molar-refractivity contribution is -0.870. The van der Waals surface area contributed by atoms with E-state index in [2.05, 4.69) is 48.7 Å². The van der Waals surface area contributed by atoms with Crippen molar-refractivity contribution < 1.29 is 38.0 Å². The van der Waals surface area contributed by atoms with Gasteiger partial charge in [-0.05, 0) is 58.3 Å². The average molecular weight is 983 g/mol. The molecular weight excluding hydrogens is 868 g/mol. The van der Waals surface area contributed by atoms with Crippen LogP contribution < -0.4 is 5.32 Å². The second kappa shape index (κ2) is 49.3. The number of aliphatic hydroxyl groups is 2. The molecule has 0 aromatic carbocycles. The molecular formula is C58H114N2O7P+. The van der Waals surface area contributed by atoms with Crippen LogP contribution in [0.3, 0.4) is 0 Å².